The fourth-order valence-electron chi connectivity index (χ4n) is 4.47. The topological polar surface area (TPSA) is 78.0 Å². The van der Waals surface area contributed by atoms with Gasteiger partial charge in [-0.3, -0.25) is 14.7 Å². The number of nitrogens with one attached hydrogen (secondary N) is 1. The third-order valence-electron chi connectivity index (χ3n) is 6.33. The second-order valence-corrected chi connectivity index (χ2v) is 10.8. The van der Waals surface area contributed by atoms with Gasteiger partial charge in [-0.2, -0.15) is 0 Å². The molecule has 8 nitrogen and oxygen atoms in total. The summed E-state index contributed by atoms with van der Waals surface area (Å²) in [6.07, 6.45) is 0.311. The van der Waals surface area contributed by atoms with Crippen molar-refractivity contribution in [2.24, 2.45) is 0 Å². The summed E-state index contributed by atoms with van der Waals surface area (Å²) < 4.78 is 20.1. The Morgan fingerprint density at radius 2 is 1.66 bits per heavy atom. The number of hydrogen-bond donors (Lipinski definition) is 1. The minimum atomic E-state index is -1.33. The normalized spacial score (nSPS) is 15.3. The van der Waals surface area contributed by atoms with Crippen LogP contribution in [0.15, 0.2) is 29.2 Å². The van der Waals surface area contributed by atoms with E-state index in [0.29, 0.717) is 19.5 Å². The molecule has 1 aromatic carbocycles. The molecule has 1 aliphatic heterocycles. The van der Waals surface area contributed by atoms with Gasteiger partial charge in [-0.25, -0.2) is 8.51 Å². The summed E-state index contributed by atoms with van der Waals surface area (Å²) >= 11 is 0. The standard InChI is InChI=1S/C26H39N5O3S/c1-19-15-24(34-6)16-20(2)26(19)35(33)29(5)9-7-25(32)27-8-10-30-11-13-31(14-12-30)23-17-21(3)28-22(4)18-23/h15-18H,7-14H2,1-6H3,(H,27,32). The molecule has 9 heteroatoms. The third kappa shape index (κ3) is 7.49. The van der Waals surface area contributed by atoms with E-state index in [0.717, 1.165) is 65.9 Å². The Bertz CT molecular complexity index is 1010. The maximum Gasteiger partial charge on any atom is 0.221 e. The van der Waals surface area contributed by atoms with Crippen molar-refractivity contribution in [3.63, 3.8) is 0 Å². The summed E-state index contributed by atoms with van der Waals surface area (Å²) in [5.74, 6) is 0.741. The summed E-state index contributed by atoms with van der Waals surface area (Å²) in [4.78, 5) is 22.4. The number of aromatic nitrogens is 1. The Kier molecular flexibility index (Phi) is 9.65. The largest absolute Gasteiger partial charge is 0.497 e. The highest BCUT2D eigenvalue weighted by Crippen LogP contribution is 2.25. The molecule has 2 heterocycles. The zero-order valence-corrected chi connectivity index (χ0v) is 22.7. The van der Waals surface area contributed by atoms with Crippen molar-refractivity contribution in [3.8, 4) is 5.75 Å². The number of ether oxygens (including phenoxy) is 1. The molecule has 0 spiro atoms. The highest BCUT2D eigenvalue weighted by Gasteiger charge is 2.19. The molecule has 0 saturated carbocycles. The summed E-state index contributed by atoms with van der Waals surface area (Å²) in [7, 11) is 2.09. The lowest BCUT2D eigenvalue weighted by Crippen LogP contribution is -2.48. The maximum absolute atomic E-state index is 13.0. The lowest BCUT2D eigenvalue weighted by atomic mass is 10.1. The van der Waals surface area contributed by atoms with Crippen molar-refractivity contribution in [1.29, 1.82) is 0 Å². The lowest BCUT2D eigenvalue weighted by Gasteiger charge is -2.36. The van der Waals surface area contributed by atoms with Gasteiger partial charge in [0.2, 0.25) is 5.91 Å². The van der Waals surface area contributed by atoms with Crippen LogP contribution in [0.1, 0.15) is 28.9 Å². The average molecular weight is 502 g/mol. The van der Waals surface area contributed by atoms with Crippen molar-refractivity contribution in [2.75, 3.05) is 64.9 Å². The number of hydrogen-bond acceptors (Lipinski definition) is 6. The first-order chi connectivity index (χ1) is 16.7. The van der Waals surface area contributed by atoms with Crippen LogP contribution in [-0.4, -0.2) is 84.3 Å². The Hall–Kier alpha value is -2.49. The van der Waals surface area contributed by atoms with Gasteiger partial charge in [0.25, 0.3) is 0 Å². The molecular weight excluding hydrogens is 462 g/mol. The molecule has 1 amide bonds. The molecule has 192 valence electrons. The number of aryl methyl sites for hydroxylation is 4. The van der Waals surface area contributed by atoms with Gasteiger partial charge in [0.1, 0.15) is 16.7 Å². The van der Waals surface area contributed by atoms with E-state index < -0.39 is 11.0 Å². The molecular formula is C26H39N5O3S. The Labute approximate surface area is 212 Å². The van der Waals surface area contributed by atoms with E-state index in [9.17, 15) is 9.00 Å². The number of benzene rings is 1. The number of pyridine rings is 1. The molecule has 1 atom stereocenters. The molecule has 1 saturated heterocycles. The SMILES string of the molecule is COc1cc(C)c(S(=O)N(C)CCC(=O)NCCN2CCN(c3cc(C)nc(C)c3)CC2)c(C)c1. The van der Waals surface area contributed by atoms with E-state index in [2.05, 4.69) is 32.2 Å². The first-order valence-electron chi connectivity index (χ1n) is 12.2. The minimum Gasteiger partial charge on any atom is -0.497 e. The van der Waals surface area contributed by atoms with Crippen LogP contribution in [0.2, 0.25) is 0 Å². The van der Waals surface area contributed by atoms with Crippen molar-refractivity contribution in [2.45, 2.75) is 39.0 Å². The van der Waals surface area contributed by atoms with E-state index in [1.807, 2.05) is 39.8 Å². The van der Waals surface area contributed by atoms with Gasteiger partial charge < -0.3 is 15.0 Å². The highest BCUT2D eigenvalue weighted by atomic mass is 32.2. The van der Waals surface area contributed by atoms with Crippen molar-refractivity contribution in [1.82, 2.24) is 19.5 Å². The summed E-state index contributed by atoms with van der Waals surface area (Å²) in [6, 6.07) is 8.06. The number of methoxy groups -OCH3 is 1. The highest BCUT2D eigenvalue weighted by molar-refractivity contribution is 7.82. The predicted molar refractivity (Wildman–Crippen MR) is 141 cm³/mol. The van der Waals surface area contributed by atoms with Crippen molar-refractivity contribution < 1.29 is 13.7 Å². The molecule has 1 aromatic heterocycles. The Morgan fingerprint density at radius 3 is 2.23 bits per heavy atom. The van der Waals surface area contributed by atoms with Crippen molar-refractivity contribution >= 4 is 22.6 Å². The predicted octanol–water partition coefficient (Wildman–Crippen LogP) is 2.61. The van der Waals surface area contributed by atoms with E-state index in [4.69, 9.17) is 4.74 Å². The summed E-state index contributed by atoms with van der Waals surface area (Å²) in [5.41, 5.74) is 5.18. The van der Waals surface area contributed by atoms with Crippen molar-refractivity contribution in [3.05, 3.63) is 46.8 Å². The van der Waals surface area contributed by atoms with Gasteiger partial charge in [-0.1, -0.05) is 0 Å². The van der Waals surface area contributed by atoms with Crippen LogP contribution < -0.4 is 15.0 Å². The Morgan fingerprint density at radius 1 is 1.06 bits per heavy atom. The van der Waals surface area contributed by atoms with E-state index in [1.54, 1.807) is 18.5 Å². The summed E-state index contributed by atoms with van der Waals surface area (Å²) in [5, 5.41) is 3.02. The van der Waals surface area contributed by atoms with E-state index in [1.165, 1.54) is 5.69 Å². The first-order valence-corrected chi connectivity index (χ1v) is 13.3. The molecule has 0 aliphatic carbocycles. The van der Waals surface area contributed by atoms with Gasteiger partial charge in [0.05, 0.1) is 12.0 Å². The second-order valence-electron chi connectivity index (χ2n) is 9.23. The number of rotatable bonds is 10. The van der Waals surface area contributed by atoms with Gasteiger partial charge in [-0.05, 0) is 63.1 Å². The van der Waals surface area contributed by atoms with Gasteiger partial charge in [0.15, 0.2) is 0 Å². The second kappa shape index (κ2) is 12.5. The average Bonchev–Trinajstić information content (AvgIpc) is 2.81. The van der Waals surface area contributed by atoms with E-state index in [-0.39, 0.29) is 5.91 Å². The molecule has 3 rings (SSSR count). The first kappa shape index (κ1) is 27.1. The quantitative estimate of drug-likeness (QED) is 0.539. The van der Waals surface area contributed by atoms with Gasteiger partial charge in [-0.15, -0.1) is 0 Å². The molecule has 0 radical (unpaired) electrons. The third-order valence-corrected chi connectivity index (χ3v) is 8.08. The summed E-state index contributed by atoms with van der Waals surface area (Å²) in [6.45, 7) is 13.7. The number of amides is 1. The van der Waals surface area contributed by atoms with Crippen LogP contribution in [0.5, 0.6) is 5.75 Å². The van der Waals surface area contributed by atoms with Crippen LogP contribution >= 0.6 is 0 Å². The molecule has 35 heavy (non-hydrogen) atoms. The number of anilines is 1. The van der Waals surface area contributed by atoms with Crippen LogP contribution in [0.25, 0.3) is 0 Å². The zero-order chi connectivity index (χ0) is 25.5. The van der Waals surface area contributed by atoms with Crippen LogP contribution in [-0.2, 0) is 15.8 Å². The molecule has 1 unspecified atom stereocenters. The monoisotopic (exact) mass is 501 g/mol. The number of carbonyl (C=O) groups is 1. The van der Waals surface area contributed by atoms with Crippen LogP contribution in [0, 0.1) is 27.7 Å². The number of piperazine rings is 1. The smallest absolute Gasteiger partial charge is 0.221 e. The minimum absolute atomic E-state index is 0.0154. The van der Waals surface area contributed by atoms with Crippen LogP contribution in [0.4, 0.5) is 5.69 Å². The number of nitrogens with zero attached hydrogens (tertiary/aromatic N) is 4. The fraction of sp³-hybridized carbons (Fsp3) is 0.538. The zero-order valence-electron chi connectivity index (χ0n) is 21.9. The molecule has 1 fully saturated rings. The van der Waals surface area contributed by atoms with E-state index >= 15 is 0 Å². The van der Waals surface area contributed by atoms with Crippen LogP contribution in [0.3, 0.4) is 0 Å². The maximum atomic E-state index is 13.0. The Balaban J connectivity index is 1.38. The number of carbonyl (C=O) groups excluding carboxylic acids is 1. The van der Waals surface area contributed by atoms with Gasteiger partial charge in [0, 0.05) is 76.4 Å². The molecule has 1 aliphatic rings. The molecule has 1 N–H and O–H groups in total. The lowest BCUT2D eigenvalue weighted by molar-refractivity contribution is -0.121. The molecule has 0 bridgehead atoms. The molecule has 2 aromatic rings. The van der Waals surface area contributed by atoms with Gasteiger partial charge >= 0.3 is 0 Å². The fourth-order valence-corrected chi connectivity index (χ4v) is 5.71.